The van der Waals surface area contributed by atoms with E-state index in [1.54, 1.807) is 0 Å². The minimum atomic E-state index is -0.770. The summed E-state index contributed by atoms with van der Waals surface area (Å²) in [5.41, 5.74) is 0. The highest BCUT2D eigenvalue weighted by Gasteiger charge is 2.16. The molecular formula is C73H140O5. The summed E-state index contributed by atoms with van der Waals surface area (Å²) >= 11 is 0. The standard InChI is InChI=1S/C73H140O5/c1-3-5-7-9-11-13-15-17-19-21-23-25-27-29-30-31-32-33-34-35-36-37-38-39-40-41-42-44-45-47-49-51-53-55-57-59-61-63-65-67-72(75)77-70-71(69-74)78-73(76)68-66-64-62-60-58-56-54-52-50-48-46-43-28-26-24-22-20-18-16-14-12-10-8-6-4-2/h16,18,22,24,71,74H,3-15,17,19-21,23,25-70H2,1-2H3/b18-16-,24-22-. The lowest BCUT2D eigenvalue weighted by atomic mass is 10.0. The highest BCUT2D eigenvalue weighted by atomic mass is 16.6. The van der Waals surface area contributed by atoms with E-state index < -0.39 is 6.10 Å². The zero-order valence-corrected chi connectivity index (χ0v) is 53.2. The molecule has 0 saturated heterocycles. The second-order valence-electron chi connectivity index (χ2n) is 24.7. The second-order valence-corrected chi connectivity index (χ2v) is 24.7. The molecule has 0 spiro atoms. The van der Waals surface area contributed by atoms with E-state index in [1.807, 2.05) is 0 Å². The van der Waals surface area contributed by atoms with Crippen LogP contribution >= 0.6 is 0 Å². The van der Waals surface area contributed by atoms with E-state index in [2.05, 4.69) is 38.2 Å². The van der Waals surface area contributed by atoms with Crippen molar-refractivity contribution in [3.63, 3.8) is 0 Å². The van der Waals surface area contributed by atoms with Crippen molar-refractivity contribution in [2.24, 2.45) is 0 Å². The van der Waals surface area contributed by atoms with Crippen LogP contribution in [0.4, 0.5) is 0 Å². The summed E-state index contributed by atoms with van der Waals surface area (Å²) in [4.78, 5) is 24.6. The summed E-state index contributed by atoms with van der Waals surface area (Å²) in [5, 5.41) is 9.70. The Labute approximate surface area is 489 Å². The van der Waals surface area contributed by atoms with Crippen molar-refractivity contribution in [3.8, 4) is 0 Å². The van der Waals surface area contributed by atoms with Crippen LogP contribution in [-0.2, 0) is 19.1 Å². The van der Waals surface area contributed by atoms with E-state index >= 15 is 0 Å². The van der Waals surface area contributed by atoms with Crippen LogP contribution in [0.3, 0.4) is 0 Å². The molecule has 78 heavy (non-hydrogen) atoms. The highest BCUT2D eigenvalue weighted by Crippen LogP contribution is 2.19. The van der Waals surface area contributed by atoms with Gasteiger partial charge < -0.3 is 14.6 Å². The first-order chi connectivity index (χ1) is 38.6. The van der Waals surface area contributed by atoms with Gasteiger partial charge in [0.05, 0.1) is 6.61 Å². The van der Waals surface area contributed by atoms with E-state index in [1.165, 1.54) is 347 Å². The van der Waals surface area contributed by atoms with Crippen LogP contribution in [0, 0.1) is 0 Å². The number of aliphatic hydroxyl groups excluding tert-OH is 1. The van der Waals surface area contributed by atoms with Gasteiger partial charge in [-0.15, -0.1) is 0 Å². The van der Waals surface area contributed by atoms with E-state index in [0.29, 0.717) is 12.8 Å². The number of hydrogen-bond acceptors (Lipinski definition) is 5. The number of unbranched alkanes of at least 4 members (excludes halogenated alkanes) is 56. The van der Waals surface area contributed by atoms with Crippen molar-refractivity contribution in [3.05, 3.63) is 24.3 Å². The van der Waals surface area contributed by atoms with Crippen molar-refractivity contribution in [1.82, 2.24) is 0 Å². The fourth-order valence-corrected chi connectivity index (χ4v) is 11.4. The molecule has 1 unspecified atom stereocenters. The molecule has 0 aromatic heterocycles. The Hall–Kier alpha value is -1.62. The normalized spacial score (nSPS) is 12.2. The van der Waals surface area contributed by atoms with Crippen LogP contribution in [0.2, 0.25) is 0 Å². The van der Waals surface area contributed by atoms with Gasteiger partial charge in [0, 0.05) is 12.8 Å². The molecule has 5 heteroatoms. The largest absolute Gasteiger partial charge is 0.462 e. The van der Waals surface area contributed by atoms with Crippen LogP contribution in [-0.4, -0.2) is 36.4 Å². The number of aliphatic hydroxyl groups is 1. The molecule has 0 aromatic carbocycles. The number of hydrogen-bond donors (Lipinski definition) is 1. The Balaban J connectivity index is 3.35. The number of ether oxygens (including phenoxy) is 2. The van der Waals surface area contributed by atoms with Crippen molar-refractivity contribution in [1.29, 1.82) is 0 Å². The molecule has 0 heterocycles. The third-order valence-corrected chi connectivity index (χ3v) is 16.7. The Kier molecular flexibility index (Phi) is 68.2. The first kappa shape index (κ1) is 76.4. The van der Waals surface area contributed by atoms with Gasteiger partial charge in [-0.25, -0.2) is 0 Å². The monoisotopic (exact) mass is 1100 g/mol. The SMILES string of the molecule is CCCCCCC/C=C\C/C=C\CCCCCCCCCCCCCCCC(=O)OC(CO)COC(=O)CCCCCCCCCCCCCCCCCCCCCCCCCCCCCCCCCCCCCCCCC. The molecule has 0 fully saturated rings. The maximum absolute atomic E-state index is 12.3. The van der Waals surface area contributed by atoms with Crippen LogP contribution in [0.25, 0.3) is 0 Å². The van der Waals surface area contributed by atoms with Crippen LogP contribution in [0.15, 0.2) is 24.3 Å². The number of rotatable bonds is 68. The smallest absolute Gasteiger partial charge is 0.306 e. The Morgan fingerprint density at radius 2 is 0.513 bits per heavy atom. The number of allylic oxidation sites excluding steroid dienone is 4. The lowest BCUT2D eigenvalue weighted by molar-refractivity contribution is -0.161. The molecule has 0 saturated carbocycles. The van der Waals surface area contributed by atoms with Gasteiger partial charge in [0.2, 0.25) is 0 Å². The quantitative estimate of drug-likeness (QED) is 0.0373. The molecule has 0 aliphatic heterocycles. The fourth-order valence-electron chi connectivity index (χ4n) is 11.4. The van der Waals surface area contributed by atoms with Crippen molar-refractivity contribution >= 4 is 11.9 Å². The molecule has 462 valence electrons. The average Bonchev–Trinajstić information content (AvgIpc) is 3.44. The number of esters is 2. The molecule has 0 aliphatic rings. The van der Waals surface area contributed by atoms with Crippen molar-refractivity contribution < 1.29 is 24.2 Å². The predicted molar refractivity (Wildman–Crippen MR) is 344 cm³/mol. The molecule has 0 amide bonds. The number of carbonyl (C=O) groups is 2. The average molecular weight is 1100 g/mol. The molecule has 0 radical (unpaired) electrons. The van der Waals surface area contributed by atoms with Crippen LogP contribution in [0.1, 0.15) is 412 Å². The van der Waals surface area contributed by atoms with Gasteiger partial charge in [-0.1, -0.05) is 378 Å². The van der Waals surface area contributed by atoms with E-state index in [0.717, 1.165) is 38.5 Å². The van der Waals surface area contributed by atoms with Gasteiger partial charge in [-0.05, 0) is 44.9 Å². The summed E-state index contributed by atoms with van der Waals surface area (Å²) in [7, 11) is 0. The summed E-state index contributed by atoms with van der Waals surface area (Å²) in [5.74, 6) is -0.567. The second kappa shape index (κ2) is 69.6. The Morgan fingerprint density at radius 3 is 0.756 bits per heavy atom. The van der Waals surface area contributed by atoms with E-state index in [9.17, 15) is 14.7 Å². The first-order valence-corrected chi connectivity index (χ1v) is 35.9. The van der Waals surface area contributed by atoms with Gasteiger partial charge in [-0.3, -0.25) is 9.59 Å². The summed E-state index contributed by atoms with van der Waals surface area (Å²) in [6, 6.07) is 0. The Bertz CT molecular complexity index is 1200. The summed E-state index contributed by atoms with van der Waals surface area (Å²) in [6.45, 7) is 4.20. The minimum Gasteiger partial charge on any atom is -0.462 e. The fraction of sp³-hybridized carbons (Fsp3) is 0.918. The van der Waals surface area contributed by atoms with Gasteiger partial charge >= 0.3 is 11.9 Å². The van der Waals surface area contributed by atoms with Gasteiger partial charge in [0.25, 0.3) is 0 Å². The molecule has 1 N–H and O–H groups in total. The number of carbonyl (C=O) groups excluding carboxylic acids is 2. The predicted octanol–water partition coefficient (Wildman–Crippen LogP) is 24.8. The van der Waals surface area contributed by atoms with E-state index in [4.69, 9.17) is 9.47 Å². The third kappa shape index (κ3) is 66.9. The molecule has 0 aliphatic carbocycles. The lowest BCUT2D eigenvalue weighted by Crippen LogP contribution is -2.28. The lowest BCUT2D eigenvalue weighted by Gasteiger charge is -2.15. The van der Waals surface area contributed by atoms with Gasteiger partial charge in [0.15, 0.2) is 6.10 Å². The van der Waals surface area contributed by atoms with Crippen molar-refractivity contribution in [2.45, 2.75) is 418 Å². The Morgan fingerprint density at radius 1 is 0.295 bits per heavy atom. The molecular weight excluding hydrogens is 957 g/mol. The third-order valence-electron chi connectivity index (χ3n) is 16.7. The molecule has 1 atom stereocenters. The molecule has 5 nitrogen and oxygen atoms in total. The minimum absolute atomic E-state index is 0.0595. The van der Waals surface area contributed by atoms with E-state index in [-0.39, 0.29) is 25.2 Å². The maximum atomic E-state index is 12.3. The first-order valence-electron chi connectivity index (χ1n) is 35.9. The topological polar surface area (TPSA) is 72.8 Å². The molecule has 0 bridgehead atoms. The van der Waals surface area contributed by atoms with Crippen LogP contribution in [0.5, 0.6) is 0 Å². The molecule has 0 aromatic rings. The summed E-state index contributed by atoms with van der Waals surface area (Å²) < 4.78 is 10.8. The van der Waals surface area contributed by atoms with Gasteiger partial charge in [-0.2, -0.15) is 0 Å². The molecule has 0 rings (SSSR count). The highest BCUT2D eigenvalue weighted by molar-refractivity contribution is 5.70. The van der Waals surface area contributed by atoms with Crippen LogP contribution < -0.4 is 0 Å². The van der Waals surface area contributed by atoms with Gasteiger partial charge in [0.1, 0.15) is 6.61 Å². The zero-order chi connectivity index (χ0) is 56.2. The van der Waals surface area contributed by atoms with Crippen molar-refractivity contribution in [2.75, 3.05) is 13.2 Å². The summed E-state index contributed by atoms with van der Waals surface area (Å²) in [6.07, 6.45) is 90.9. The maximum Gasteiger partial charge on any atom is 0.306 e. The zero-order valence-electron chi connectivity index (χ0n) is 53.2.